The molecule has 1 aliphatic heterocycles. The van der Waals surface area contributed by atoms with Gasteiger partial charge in [-0.3, -0.25) is 4.79 Å². The number of nitrogens with zero attached hydrogens (tertiary/aromatic N) is 1. The summed E-state index contributed by atoms with van der Waals surface area (Å²) in [5.41, 5.74) is 7.62. The van der Waals surface area contributed by atoms with Gasteiger partial charge in [-0.05, 0) is 24.1 Å². The lowest BCUT2D eigenvalue weighted by atomic mass is 10.0. The maximum atomic E-state index is 12.6. The van der Waals surface area contributed by atoms with Crippen LogP contribution in [0.15, 0.2) is 54.6 Å². The summed E-state index contributed by atoms with van der Waals surface area (Å²) in [6.07, 6.45) is 0.931. The third kappa shape index (κ3) is 7.03. The average molecular weight is 448 g/mol. The highest BCUT2D eigenvalue weighted by Gasteiger charge is 2.27. The molecule has 0 saturated carbocycles. The summed E-state index contributed by atoms with van der Waals surface area (Å²) in [7, 11) is 0. The molecule has 0 radical (unpaired) electrons. The van der Waals surface area contributed by atoms with Crippen LogP contribution in [-0.4, -0.2) is 31.7 Å². The van der Waals surface area contributed by atoms with Crippen molar-refractivity contribution >= 4 is 36.4 Å². The molecule has 9 heteroatoms. The topological polar surface area (TPSA) is 67.6 Å². The zero-order valence-corrected chi connectivity index (χ0v) is 17.3. The fourth-order valence-electron chi connectivity index (χ4n) is 3.32. The molecule has 0 aliphatic carbocycles. The van der Waals surface area contributed by atoms with E-state index in [9.17, 15) is 13.6 Å². The second-order valence-electron chi connectivity index (χ2n) is 6.57. The molecular weight excluding hydrogens is 423 g/mol. The Bertz CT molecular complexity index is 768. The Morgan fingerprint density at radius 3 is 2.48 bits per heavy atom. The van der Waals surface area contributed by atoms with Crippen molar-refractivity contribution in [3.05, 3.63) is 60.2 Å². The number of para-hydroxylation sites is 2. The van der Waals surface area contributed by atoms with Crippen molar-refractivity contribution < 1.29 is 18.3 Å². The van der Waals surface area contributed by atoms with E-state index in [0.717, 1.165) is 12.0 Å². The van der Waals surface area contributed by atoms with E-state index in [1.54, 1.807) is 18.2 Å². The number of alkyl halides is 2. The average Bonchev–Trinajstić information content (AvgIpc) is 3.10. The number of anilines is 1. The molecule has 1 aliphatic rings. The lowest BCUT2D eigenvalue weighted by Crippen LogP contribution is -2.38. The highest BCUT2D eigenvalue weighted by molar-refractivity contribution is 5.85. The molecule has 160 valence electrons. The van der Waals surface area contributed by atoms with Gasteiger partial charge in [0.1, 0.15) is 5.75 Å². The van der Waals surface area contributed by atoms with Gasteiger partial charge >= 0.3 is 6.61 Å². The number of hydrogen-bond acceptors (Lipinski definition) is 4. The summed E-state index contributed by atoms with van der Waals surface area (Å²) in [6, 6.07) is 15.8. The van der Waals surface area contributed by atoms with E-state index < -0.39 is 6.61 Å². The van der Waals surface area contributed by atoms with E-state index in [4.69, 9.17) is 5.73 Å². The number of rotatable bonds is 7. The Kier molecular flexibility index (Phi) is 10.2. The Balaban J connectivity index is 0.00000210. The first-order valence-electron chi connectivity index (χ1n) is 8.91. The maximum absolute atomic E-state index is 12.6. The monoisotopic (exact) mass is 447 g/mol. The van der Waals surface area contributed by atoms with Crippen LogP contribution in [0.5, 0.6) is 5.75 Å². The van der Waals surface area contributed by atoms with Crippen molar-refractivity contribution in [1.82, 2.24) is 5.32 Å². The molecule has 0 aromatic heterocycles. The van der Waals surface area contributed by atoms with Crippen LogP contribution in [0.2, 0.25) is 0 Å². The van der Waals surface area contributed by atoms with Crippen LogP contribution < -0.4 is 20.7 Å². The number of halogens is 4. The van der Waals surface area contributed by atoms with Crippen LogP contribution in [0.1, 0.15) is 24.4 Å². The number of hydrogen-bond donors (Lipinski definition) is 2. The van der Waals surface area contributed by atoms with Crippen LogP contribution in [0.3, 0.4) is 0 Å². The van der Waals surface area contributed by atoms with Gasteiger partial charge < -0.3 is 20.7 Å². The highest BCUT2D eigenvalue weighted by Crippen LogP contribution is 2.31. The SMILES string of the molecule is Cl.Cl.NC(CC(=O)NC1CCN(c2ccccc2OC(F)F)C1)c1ccccc1. The standard InChI is InChI=1S/C20H23F2N3O2.2ClH/c21-20(22)27-18-9-5-4-8-17(18)25-11-10-15(13-25)24-19(26)12-16(23)14-6-2-1-3-7-14;;/h1-9,15-16,20H,10-13,23H2,(H,24,26);2*1H. The van der Waals surface area contributed by atoms with Gasteiger partial charge in [0.05, 0.1) is 5.69 Å². The first-order valence-corrected chi connectivity index (χ1v) is 8.91. The summed E-state index contributed by atoms with van der Waals surface area (Å²) < 4.78 is 29.8. The lowest BCUT2D eigenvalue weighted by molar-refractivity contribution is -0.122. The molecule has 29 heavy (non-hydrogen) atoms. The van der Waals surface area contributed by atoms with Crippen LogP contribution >= 0.6 is 24.8 Å². The molecule has 2 unspecified atom stereocenters. The maximum Gasteiger partial charge on any atom is 0.387 e. The third-order valence-corrected chi connectivity index (χ3v) is 4.61. The number of benzene rings is 2. The number of amides is 1. The highest BCUT2D eigenvalue weighted by atomic mass is 35.5. The minimum absolute atomic E-state index is 0. The second kappa shape index (κ2) is 11.8. The fourth-order valence-corrected chi connectivity index (χ4v) is 3.32. The lowest BCUT2D eigenvalue weighted by Gasteiger charge is -2.22. The molecule has 2 atom stereocenters. The predicted molar refractivity (Wildman–Crippen MR) is 114 cm³/mol. The molecule has 5 nitrogen and oxygen atoms in total. The summed E-state index contributed by atoms with van der Waals surface area (Å²) in [6.45, 7) is -1.68. The van der Waals surface area contributed by atoms with Gasteiger partial charge in [-0.25, -0.2) is 0 Å². The van der Waals surface area contributed by atoms with Gasteiger partial charge in [0, 0.05) is 31.6 Å². The van der Waals surface area contributed by atoms with Crippen molar-refractivity contribution in [3.8, 4) is 5.75 Å². The van der Waals surface area contributed by atoms with Crippen LogP contribution in [0, 0.1) is 0 Å². The van der Waals surface area contributed by atoms with Crippen molar-refractivity contribution in [2.75, 3.05) is 18.0 Å². The van der Waals surface area contributed by atoms with E-state index in [-0.39, 0.29) is 55.0 Å². The van der Waals surface area contributed by atoms with E-state index >= 15 is 0 Å². The number of ether oxygens (including phenoxy) is 1. The minimum Gasteiger partial charge on any atom is -0.433 e. The van der Waals surface area contributed by atoms with E-state index in [1.807, 2.05) is 35.2 Å². The molecule has 2 aromatic rings. The predicted octanol–water partition coefficient (Wildman–Crippen LogP) is 3.92. The first kappa shape index (κ1) is 24.9. The largest absolute Gasteiger partial charge is 0.433 e. The molecule has 3 rings (SSSR count). The normalized spacial score (nSPS) is 16.6. The van der Waals surface area contributed by atoms with Gasteiger partial charge in [0.2, 0.25) is 5.91 Å². The van der Waals surface area contributed by atoms with Crippen molar-refractivity contribution in [2.45, 2.75) is 31.5 Å². The fraction of sp³-hybridized carbons (Fsp3) is 0.350. The Morgan fingerprint density at radius 1 is 1.14 bits per heavy atom. The van der Waals surface area contributed by atoms with Gasteiger partial charge in [-0.15, -0.1) is 24.8 Å². The molecule has 0 spiro atoms. The molecule has 1 heterocycles. The second-order valence-corrected chi connectivity index (χ2v) is 6.57. The van der Waals surface area contributed by atoms with Crippen molar-refractivity contribution in [2.24, 2.45) is 5.73 Å². The zero-order valence-electron chi connectivity index (χ0n) is 15.7. The number of nitrogens with two attached hydrogens (primary N) is 1. The van der Waals surface area contributed by atoms with Gasteiger partial charge in [0.15, 0.2) is 0 Å². The number of carbonyl (C=O) groups excluding carboxylic acids is 1. The first-order chi connectivity index (χ1) is 13.0. The quantitative estimate of drug-likeness (QED) is 0.674. The Hall–Kier alpha value is -2.09. The van der Waals surface area contributed by atoms with Crippen molar-refractivity contribution in [3.63, 3.8) is 0 Å². The molecule has 0 bridgehead atoms. The molecule has 3 N–H and O–H groups in total. The smallest absolute Gasteiger partial charge is 0.387 e. The Labute approximate surface area is 181 Å². The molecular formula is C20H25Cl2F2N3O2. The Morgan fingerprint density at radius 2 is 1.79 bits per heavy atom. The minimum atomic E-state index is -2.87. The molecule has 2 aromatic carbocycles. The van der Waals surface area contributed by atoms with Crippen LogP contribution in [-0.2, 0) is 4.79 Å². The summed E-state index contributed by atoms with van der Waals surface area (Å²) in [5, 5.41) is 2.99. The zero-order chi connectivity index (χ0) is 19.2. The summed E-state index contributed by atoms with van der Waals surface area (Å²) in [5.74, 6) is 0.0286. The van der Waals surface area contributed by atoms with E-state index in [1.165, 1.54) is 6.07 Å². The molecule has 1 saturated heterocycles. The third-order valence-electron chi connectivity index (χ3n) is 4.61. The number of nitrogens with one attached hydrogen (secondary N) is 1. The summed E-state index contributed by atoms with van der Waals surface area (Å²) in [4.78, 5) is 14.2. The van der Waals surface area contributed by atoms with Crippen molar-refractivity contribution in [1.29, 1.82) is 0 Å². The van der Waals surface area contributed by atoms with E-state index in [2.05, 4.69) is 10.1 Å². The van der Waals surface area contributed by atoms with Gasteiger partial charge in [-0.1, -0.05) is 42.5 Å². The van der Waals surface area contributed by atoms with E-state index in [0.29, 0.717) is 18.8 Å². The molecule has 1 fully saturated rings. The van der Waals surface area contributed by atoms with Gasteiger partial charge in [-0.2, -0.15) is 8.78 Å². The number of carbonyl (C=O) groups is 1. The summed E-state index contributed by atoms with van der Waals surface area (Å²) >= 11 is 0. The molecule has 1 amide bonds. The van der Waals surface area contributed by atoms with Gasteiger partial charge in [0.25, 0.3) is 0 Å². The van der Waals surface area contributed by atoms with Crippen LogP contribution in [0.4, 0.5) is 14.5 Å². The van der Waals surface area contributed by atoms with Crippen LogP contribution in [0.25, 0.3) is 0 Å².